The Morgan fingerprint density at radius 3 is 2.35 bits per heavy atom. The normalized spacial score (nSPS) is 13.3. The summed E-state index contributed by atoms with van der Waals surface area (Å²) in [5.74, 6) is 2.04. The van der Waals surface area contributed by atoms with E-state index in [-0.39, 0.29) is 5.91 Å². The molecule has 0 aromatic carbocycles. The summed E-state index contributed by atoms with van der Waals surface area (Å²) in [5, 5.41) is 20.5. The fourth-order valence-electron chi connectivity index (χ4n) is 3.57. The van der Waals surface area contributed by atoms with Crippen molar-refractivity contribution >= 4 is 35.3 Å². The molecule has 0 saturated heterocycles. The van der Waals surface area contributed by atoms with E-state index in [2.05, 4.69) is 36.4 Å². The molecule has 0 aliphatic heterocycles. The fraction of sp³-hybridized carbons (Fsp3) is 0.577. The number of aromatic nitrogens is 3. The second kappa shape index (κ2) is 13.1. The van der Waals surface area contributed by atoms with Gasteiger partial charge in [-0.1, -0.05) is 0 Å². The lowest BCUT2D eigenvalue weighted by atomic mass is 9.93. The molecule has 0 unspecified atom stereocenters. The van der Waals surface area contributed by atoms with Crippen molar-refractivity contribution in [2.75, 3.05) is 48.0 Å². The van der Waals surface area contributed by atoms with E-state index in [1.807, 2.05) is 45.8 Å². The minimum Gasteiger partial charge on any atom is -0.444 e. The maximum absolute atomic E-state index is 13.0. The Morgan fingerprint density at radius 1 is 1.00 bits per heavy atom. The number of nitrogens with zero attached hydrogens (tertiary/aromatic N) is 4. The van der Waals surface area contributed by atoms with E-state index < -0.39 is 11.7 Å². The standard InChI is InChI=1S/C26H40N8O3/c1-26(2,3)37-25(36)28-17-8-6-7-16-27-23-19(12-13-20(30-23)29-18-10-9-11-18)24(35)31-21-14-15-22(33-32-21)34(4)5/h12-15,18H,6-11,16-17H2,1-5H3,(H,28,36)(H2,27,29,30)(H,31,32,35). The molecule has 2 amide bonds. The summed E-state index contributed by atoms with van der Waals surface area (Å²) >= 11 is 0. The zero-order chi connectivity index (χ0) is 26.8. The van der Waals surface area contributed by atoms with Crippen LogP contribution < -0.4 is 26.2 Å². The average molecular weight is 513 g/mol. The Kier molecular flexibility index (Phi) is 9.87. The van der Waals surface area contributed by atoms with Gasteiger partial charge in [-0.15, -0.1) is 10.2 Å². The molecule has 0 spiro atoms. The van der Waals surface area contributed by atoms with Gasteiger partial charge in [0.25, 0.3) is 5.91 Å². The van der Waals surface area contributed by atoms with Crippen LogP contribution in [-0.4, -0.2) is 66.0 Å². The van der Waals surface area contributed by atoms with Gasteiger partial charge in [0.05, 0.1) is 5.56 Å². The van der Waals surface area contributed by atoms with Crippen LogP contribution in [0.25, 0.3) is 0 Å². The molecule has 2 aromatic rings. The molecule has 0 atom stereocenters. The third kappa shape index (κ3) is 9.40. The van der Waals surface area contributed by atoms with Gasteiger partial charge in [-0.25, -0.2) is 9.78 Å². The molecule has 3 rings (SSSR count). The summed E-state index contributed by atoms with van der Waals surface area (Å²) < 4.78 is 5.24. The molecular weight excluding hydrogens is 472 g/mol. The van der Waals surface area contributed by atoms with E-state index in [0.29, 0.717) is 42.1 Å². The third-order valence-electron chi connectivity index (χ3n) is 5.76. The first kappa shape index (κ1) is 27.9. The van der Waals surface area contributed by atoms with E-state index in [9.17, 15) is 9.59 Å². The highest BCUT2D eigenvalue weighted by molar-refractivity contribution is 6.07. The summed E-state index contributed by atoms with van der Waals surface area (Å²) in [6, 6.07) is 7.56. The molecule has 11 nitrogen and oxygen atoms in total. The lowest BCUT2D eigenvalue weighted by molar-refractivity contribution is 0.0527. The molecule has 1 saturated carbocycles. The zero-order valence-electron chi connectivity index (χ0n) is 22.6. The van der Waals surface area contributed by atoms with Crippen molar-refractivity contribution in [1.82, 2.24) is 20.5 Å². The van der Waals surface area contributed by atoms with E-state index in [0.717, 1.165) is 37.9 Å². The number of hydrogen-bond donors (Lipinski definition) is 4. The number of carbonyl (C=O) groups is 2. The highest BCUT2D eigenvalue weighted by Gasteiger charge is 2.20. The molecule has 1 fully saturated rings. The van der Waals surface area contributed by atoms with E-state index in [1.54, 1.807) is 18.2 Å². The molecule has 37 heavy (non-hydrogen) atoms. The van der Waals surface area contributed by atoms with Crippen molar-refractivity contribution in [2.24, 2.45) is 0 Å². The number of unbranched alkanes of at least 4 members (excludes halogenated alkanes) is 2. The first-order valence-electron chi connectivity index (χ1n) is 12.9. The smallest absolute Gasteiger partial charge is 0.407 e. The number of amides is 2. The number of ether oxygens (including phenoxy) is 1. The predicted molar refractivity (Wildman–Crippen MR) is 146 cm³/mol. The van der Waals surface area contributed by atoms with Crippen molar-refractivity contribution in [3.8, 4) is 0 Å². The van der Waals surface area contributed by atoms with Crippen LogP contribution in [0.3, 0.4) is 0 Å². The van der Waals surface area contributed by atoms with E-state index in [1.165, 1.54) is 6.42 Å². The molecule has 1 aliphatic rings. The van der Waals surface area contributed by atoms with Gasteiger partial charge in [-0.3, -0.25) is 4.79 Å². The van der Waals surface area contributed by atoms with E-state index in [4.69, 9.17) is 4.74 Å². The predicted octanol–water partition coefficient (Wildman–Crippen LogP) is 4.26. The summed E-state index contributed by atoms with van der Waals surface area (Å²) in [7, 11) is 3.76. The third-order valence-corrected chi connectivity index (χ3v) is 5.76. The Morgan fingerprint density at radius 2 is 1.73 bits per heavy atom. The van der Waals surface area contributed by atoms with Crippen molar-refractivity contribution in [3.05, 3.63) is 29.8 Å². The molecule has 11 heteroatoms. The average Bonchev–Trinajstić information content (AvgIpc) is 2.80. The summed E-state index contributed by atoms with van der Waals surface area (Å²) in [5.41, 5.74) is -0.0702. The van der Waals surface area contributed by atoms with Crippen LogP contribution >= 0.6 is 0 Å². The zero-order valence-corrected chi connectivity index (χ0v) is 22.6. The number of alkyl carbamates (subject to hydrolysis) is 1. The van der Waals surface area contributed by atoms with Crippen LogP contribution in [0.5, 0.6) is 0 Å². The topological polar surface area (TPSA) is 133 Å². The van der Waals surface area contributed by atoms with Crippen molar-refractivity contribution in [2.45, 2.75) is 70.9 Å². The highest BCUT2D eigenvalue weighted by atomic mass is 16.6. The number of nitrogens with one attached hydrogen (secondary N) is 4. The number of hydrogen-bond acceptors (Lipinski definition) is 9. The van der Waals surface area contributed by atoms with Crippen LogP contribution in [0.2, 0.25) is 0 Å². The second-order valence-corrected chi connectivity index (χ2v) is 10.4. The monoisotopic (exact) mass is 512 g/mol. The minimum atomic E-state index is -0.505. The van der Waals surface area contributed by atoms with Gasteiger partial charge in [-0.05, 0) is 83.6 Å². The number of anilines is 4. The van der Waals surface area contributed by atoms with Gasteiger partial charge >= 0.3 is 6.09 Å². The maximum Gasteiger partial charge on any atom is 0.407 e. The van der Waals surface area contributed by atoms with Gasteiger partial charge in [0.2, 0.25) is 0 Å². The lowest BCUT2D eigenvalue weighted by Gasteiger charge is -2.27. The van der Waals surface area contributed by atoms with Crippen LogP contribution in [0.15, 0.2) is 24.3 Å². The van der Waals surface area contributed by atoms with Crippen LogP contribution in [0, 0.1) is 0 Å². The van der Waals surface area contributed by atoms with Gasteiger partial charge in [0, 0.05) is 33.2 Å². The van der Waals surface area contributed by atoms with Crippen molar-refractivity contribution in [1.29, 1.82) is 0 Å². The Hall–Kier alpha value is -3.63. The van der Waals surface area contributed by atoms with Crippen LogP contribution in [0.4, 0.5) is 28.1 Å². The molecule has 0 radical (unpaired) electrons. The Labute approximate surface area is 219 Å². The molecule has 2 aromatic heterocycles. The van der Waals surface area contributed by atoms with Gasteiger partial charge in [-0.2, -0.15) is 0 Å². The molecule has 202 valence electrons. The molecular formula is C26H40N8O3. The largest absolute Gasteiger partial charge is 0.444 e. The SMILES string of the molecule is CN(C)c1ccc(NC(=O)c2ccc(NC3CCC3)nc2NCCCCCNC(=O)OC(C)(C)C)nn1. The van der Waals surface area contributed by atoms with Gasteiger partial charge < -0.3 is 30.9 Å². The fourth-order valence-corrected chi connectivity index (χ4v) is 3.57. The van der Waals surface area contributed by atoms with Gasteiger partial charge in [0.15, 0.2) is 11.6 Å². The number of pyridine rings is 1. The summed E-state index contributed by atoms with van der Waals surface area (Å²) in [6.45, 7) is 6.71. The maximum atomic E-state index is 13.0. The summed E-state index contributed by atoms with van der Waals surface area (Å²) in [4.78, 5) is 31.3. The van der Waals surface area contributed by atoms with Crippen molar-refractivity contribution < 1.29 is 14.3 Å². The van der Waals surface area contributed by atoms with Crippen LogP contribution in [-0.2, 0) is 4.74 Å². The Balaban J connectivity index is 1.54. The van der Waals surface area contributed by atoms with Crippen molar-refractivity contribution in [3.63, 3.8) is 0 Å². The van der Waals surface area contributed by atoms with E-state index >= 15 is 0 Å². The quantitative estimate of drug-likeness (QED) is 0.308. The highest BCUT2D eigenvalue weighted by Crippen LogP contribution is 2.25. The summed E-state index contributed by atoms with van der Waals surface area (Å²) in [6.07, 6.45) is 5.67. The first-order chi connectivity index (χ1) is 17.6. The van der Waals surface area contributed by atoms with Gasteiger partial charge in [0.1, 0.15) is 17.2 Å². The number of carbonyl (C=O) groups excluding carboxylic acids is 2. The molecule has 2 heterocycles. The molecule has 1 aliphatic carbocycles. The lowest BCUT2D eigenvalue weighted by Crippen LogP contribution is -2.33. The molecule has 4 N–H and O–H groups in total. The molecule has 0 bridgehead atoms. The van der Waals surface area contributed by atoms with Crippen LogP contribution in [0.1, 0.15) is 69.7 Å². The number of rotatable bonds is 12. The Bertz CT molecular complexity index is 1030. The first-order valence-corrected chi connectivity index (χ1v) is 12.9. The second-order valence-electron chi connectivity index (χ2n) is 10.4. The minimum absolute atomic E-state index is 0.307.